The lowest BCUT2D eigenvalue weighted by Gasteiger charge is -2.29. The van der Waals surface area contributed by atoms with Gasteiger partial charge >= 0.3 is 0 Å². The lowest BCUT2D eigenvalue weighted by molar-refractivity contribution is 0.0954. The van der Waals surface area contributed by atoms with Gasteiger partial charge in [0.2, 0.25) is 10.0 Å². The Morgan fingerprint density at radius 3 is 2.71 bits per heavy atom. The van der Waals surface area contributed by atoms with Crippen molar-refractivity contribution in [2.45, 2.75) is 63.5 Å². The Bertz CT molecular complexity index is 774. The molecule has 1 saturated carbocycles. The van der Waals surface area contributed by atoms with Crippen molar-refractivity contribution < 1.29 is 13.2 Å². The van der Waals surface area contributed by atoms with Crippen LogP contribution in [0.15, 0.2) is 18.2 Å². The highest BCUT2D eigenvalue weighted by molar-refractivity contribution is 7.99. The minimum Gasteiger partial charge on any atom is -0.352 e. The molecule has 3 rings (SSSR count). The number of benzene rings is 1. The summed E-state index contributed by atoms with van der Waals surface area (Å²) >= 11 is 2.04. The summed E-state index contributed by atoms with van der Waals surface area (Å²) in [7, 11) is -3.28. The number of thioether (sulfide) groups is 1. The SMILES string of the molecule is Cc1ccc(C(=O)NCCCSC2CCCCC2)cc1N1CCCCS1(=O)=O. The number of rotatable bonds is 7. The molecule has 1 N–H and O–H groups in total. The molecule has 1 aliphatic carbocycles. The van der Waals surface area contributed by atoms with Crippen molar-refractivity contribution in [3.05, 3.63) is 29.3 Å². The minimum atomic E-state index is -3.28. The number of hydrogen-bond donors (Lipinski definition) is 1. The Morgan fingerprint density at radius 2 is 1.96 bits per heavy atom. The van der Waals surface area contributed by atoms with Gasteiger partial charge in [0, 0.05) is 23.9 Å². The fourth-order valence-electron chi connectivity index (χ4n) is 3.94. The highest BCUT2D eigenvalue weighted by Crippen LogP contribution is 2.29. The van der Waals surface area contributed by atoms with Gasteiger partial charge in [-0.25, -0.2) is 8.42 Å². The first-order valence-electron chi connectivity index (χ1n) is 10.5. The van der Waals surface area contributed by atoms with Crippen molar-refractivity contribution >= 4 is 33.4 Å². The molecular weight excluding hydrogens is 392 g/mol. The lowest BCUT2D eigenvalue weighted by atomic mass is 10.0. The van der Waals surface area contributed by atoms with E-state index in [1.807, 2.05) is 24.8 Å². The van der Waals surface area contributed by atoms with E-state index in [-0.39, 0.29) is 11.7 Å². The first kappa shape index (κ1) is 21.5. The predicted octanol–water partition coefficient (Wildman–Crippen LogP) is 4.11. The van der Waals surface area contributed by atoms with Gasteiger partial charge in [0.15, 0.2) is 0 Å². The minimum absolute atomic E-state index is 0.127. The van der Waals surface area contributed by atoms with Crippen LogP contribution >= 0.6 is 11.8 Å². The second-order valence-electron chi connectivity index (χ2n) is 7.84. The molecule has 0 atom stereocenters. The molecule has 156 valence electrons. The molecule has 0 spiro atoms. The molecule has 1 aromatic carbocycles. The maximum atomic E-state index is 12.5. The zero-order chi connectivity index (χ0) is 20.0. The van der Waals surface area contributed by atoms with Crippen LogP contribution in [0.2, 0.25) is 0 Å². The Morgan fingerprint density at radius 1 is 1.18 bits per heavy atom. The summed E-state index contributed by atoms with van der Waals surface area (Å²) < 4.78 is 26.3. The molecule has 28 heavy (non-hydrogen) atoms. The van der Waals surface area contributed by atoms with Crippen LogP contribution in [0.3, 0.4) is 0 Å². The van der Waals surface area contributed by atoms with Crippen molar-refractivity contribution in [1.29, 1.82) is 0 Å². The van der Waals surface area contributed by atoms with Crippen LogP contribution < -0.4 is 9.62 Å². The smallest absolute Gasteiger partial charge is 0.251 e. The summed E-state index contributed by atoms with van der Waals surface area (Å²) in [6.45, 7) is 3.04. The molecule has 0 bridgehead atoms. The van der Waals surface area contributed by atoms with E-state index >= 15 is 0 Å². The van der Waals surface area contributed by atoms with Gasteiger partial charge in [-0.2, -0.15) is 11.8 Å². The summed E-state index contributed by atoms with van der Waals surface area (Å²) in [4.78, 5) is 12.5. The van der Waals surface area contributed by atoms with E-state index < -0.39 is 10.0 Å². The largest absolute Gasteiger partial charge is 0.352 e. The molecule has 0 aromatic heterocycles. The summed E-state index contributed by atoms with van der Waals surface area (Å²) in [5, 5.41) is 3.79. The van der Waals surface area contributed by atoms with E-state index in [9.17, 15) is 13.2 Å². The number of carbonyl (C=O) groups is 1. The van der Waals surface area contributed by atoms with Crippen LogP contribution in [0.25, 0.3) is 0 Å². The van der Waals surface area contributed by atoms with Crippen molar-refractivity contribution in [1.82, 2.24) is 5.32 Å². The van der Waals surface area contributed by atoms with Crippen molar-refractivity contribution in [3.8, 4) is 0 Å². The van der Waals surface area contributed by atoms with Gasteiger partial charge in [-0.3, -0.25) is 9.10 Å². The average molecular weight is 425 g/mol. The summed E-state index contributed by atoms with van der Waals surface area (Å²) in [5.41, 5.74) is 2.05. The van der Waals surface area contributed by atoms with Crippen LogP contribution in [0.1, 0.15) is 67.3 Å². The number of sulfonamides is 1. The molecule has 1 aromatic rings. The maximum absolute atomic E-state index is 12.5. The van der Waals surface area contributed by atoms with Gasteiger partial charge < -0.3 is 5.32 Å². The van der Waals surface area contributed by atoms with Crippen LogP contribution in [0.5, 0.6) is 0 Å². The molecule has 7 heteroatoms. The molecule has 1 saturated heterocycles. The van der Waals surface area contributed by atoms with Crippen LogP contribution in [0, 0.1) is 6.92 Å². The topological polar surface area (TPSA) is 66.5 Å². The highest BCUT2D eigenvalue weighted by Gasteiger charge is 2.27. The van der Waals surface area contributed by atoms with Crippen molar-refractivity contribution in [3.63, 3.8) is 0 Å². The van der Waals surface area contributed by atoms with E-state index in [0.29, 0.717) is 30.8 Å². The number of anilines is 1. The normalized spacial score (nSPS) is 20.1. The van der Waals surface area contributed by atoms with Crippen molar-refractivity contribution in [2.75, 3.05) is 28.9 Å². The molecule has 1 heterocycles. The van der Waals surface area contributed by atoms with E-state index in [1.54, 1.807) is 12.1 Å². The summed E-state index contributed by atoms with van der Waals surface area (Å²) in [6, 6.07) is 5.35. The highest BCUT2D eigenvalue weighted by atomic mass is 32.2. The molecular formula is C21H32N2O3S2. The molecule has 0 unspecified atom stereocenters. The Balaban J connectivity index is 1.52. The third-order valence-corrected chi connectivity index (χ3v) is 8.92. The lowest BCUT2D eigenvalue weighted by Crippen LogP contribution is -2.38. The summed E-state index contributed by atoms with van der Waals surface area (Å²) in [6.07, 6.45) is 9.29. The van der Waals surface area contributed by atoms with Gasteiger partial charge in [0.1, 0.15) is 0 Å². The number of nitrogens with one attached hydrogen (secondary N) is 1. The Labute approximate surface area is 173 Å². The maximum Gasteiger partial charge on any atom is 0.251 e. The first-order chi connectivity index (χ1) is 13.5. The molecule has 0 radical (unpaired) electrons. The molecule has 1 amide bonds. The van der Waals surface area contributed by atoms with Gasteiger partial charge in [-0.1, -0.05) is 25.3 Å². The van der Waals surface area contributed by atoms with Gasteiger partial charge in [0.05, 0.1) is 11.4 Å². The predicted molar refractivity (Wildman–Crippen MR) is 118 cm³/mol. The quantitative estimate of drug-likeness (QED) is 0.669. The zero-order valence-electron chi connectivity index (χ0n) is 16.8. The van der Waals surface area contributed by atoms with E-state index in [2.05, 4.69) is 5.32 Å². The molecule has 1 aliphatic heterocycles. The number of carbonyl (C=O) groups excluding carboxylic acids is 1. The fraction of sp³-hybridized carbons (Fsp3) is 0.667. The van der Waals surface area contributed by atoms with Gasteiger partial charge in [-0.05, 0) is 62.5 Å². The van der Waals surface area contributed by atoms with Crippen LogP contribution in [-0.2, 0) is 10.0 Å². The number of aryl methyl sites for hydroxylation is 1. The monoisotopic (exact) mass is 424 g/mol. The van der Waals surface area contributed by atoms with Crippen LogP contribution in [0.4, 0.5) is 5.69 Å². The zero-order valence-corrected chi connectivity index (χ0v) is 18.4. The number of nitrogens with zero attached hydrogens (tertiary/aromatic N) is 1. The van der Waals surface area contributed by atoms with E-state index in [0.717, 1.165) is 29.4 Å². The second-order valence-corrected chi connectivity index (χ2v) is 11.3. The molecule has 5 nitrogen and oxygen atoms in total. The van der Waals surface area contributed by atoms with Gasteiger partial charge in [-0.15, -0.1) is 0 Å². The Kier molecular flexibility index (Phi) is 7.69. The number of amides is 1. The molecule has 2 aliphatic rings. The fourth-order valence-corrected chi connectivity index (χ4v) is 6.94. The Hall–Kier alpha value is -1.21. The molecule has 2 fully saturated rings. The van der Waals surface area contributed by atoms with Crippen LogP contribution in [-0.4, -0.2) is 44.2 Å². The third-order valence-electron chi connectivity index (χ3n) is 5.60. The first-order valence-corrected chi connectivity index (χ1v) is 13.1. The third kappa shape index (κ3) is 5.66. The summed E-state index contributed by atoms with van der Waals surface area (Å²) in [5.74, 6) is 1.13. The van der Waals surface area contributed by atoms with Gasteiger partial charge in [0.25, 0.3) is 5.91 Å². The van der Waals surface area contributed by atoms with E-state index in [1.165, 1.54) is 36.4 Å². The van der Waals surface area contributed by atoms with E-state index in [4.69, 9.17) is 0 Å². The average Bonchev–Trinajstić information content (AvgIpc) is 2.69. The number of hydrogen-bond acceptors (Lipinski definition) is 4. The second kappa shape index (κ2) is 10.0. The van der Waals surface area contributed by atoms with Crippen molar-refractivity contribution in [2.24, 2.45) is 0 Å². The standard InChI is InChI=1S/C21H32N2O3S2/c1-17-10-11-18(16-20(17)23-13-5-6-15-28(23,25)26)21(24)22-12-7-14-27-19-8-3-2-4-9-19/h10-11,16,19H,2-9,12-15H2,1H3,(H,22,24).